The molecule has 1 atom stereocenters. The van der Waals surface area contributed by atoms with Gasteiger partial charge in [-0.1, -0.05) is 18.2 Å². The van der Waals surface area contributed by atoms with Crippen LogP contribution in [-0.2, 0) is 9.59 Å². The zero-order chi connectivity index (χ0) is 19.9. The highest BCUT2D eigenvalue weighted by atomic mass is 127. The van der Waals surface area contributed by atoms with E-state index < -0.39 is 0 Å². The van der Waals surface area contributed by atoms with Gasteiger partial charge < -0.3 is 20.9 Å². The fourth-order valence-corrected chi connectivity index (χ4v) is 2.95. The zero-order valence-electron chi connectivity index (χ0n) is 15.9. The normalized spacial score (nSPS) is 16.2. The van der Waals surface area contributed by atoms with Crippen LogP contribution in [-0.4, -0.2) is 44.0 Å². The first kappa shape index (κ1) is 22.6. The van der Waals surface area contributed by atoms with Gasteiger partial charge in [0, 0.05) is 31.4 Å². The van der Waals surface area contributed by atoms with Crippen molar-refractivity contribution >= 4 is 53.1 Å². The lowest BCUT2D eigenvalue weighted by molar-refractivity contribution is -0.117. The Morgan fingerprint density at radius 3 is 2.52 bits per heavy atom. The first-order valence-electron chi connectivity index (χ1n) is 8.93. The van der Waals surface area contributed by atoms with E-state index in [0.29, 0.717) is 24.6 Å². The molecule has 2 aromatic rings. The van der Waals surface area contributed by atoms with Crippen LogP contribution in [0.4, 0.5) is 15.8 Å². The molecule has 2 aromatic carbocycles. The van der Waals surface area contributed by atoms with Gasteiger partial charge in [-0.05, 0) is 36.4 Å². The number of rotatable bonds is 5. The van der Waals surface area contributed by atoms with Crippen LogP contribution in [0, 0.1) is 5.82 Å². The van der Waals surface area contributed by atoms with E-state index in [4.69, 9.17) is 0 Å². The molecular weight excluding hydrogens is 488 g/mol. The van der Waals surface area contributed by atoms with Crippen molar-refractivity contribution in [3.8, 4) is 0 Å². The number of hydrogen-bond donors (Lipinski definition) is 3. The molecule has 1 aliphatic heterocycles. The second kappa shape index (κ2) is 10.7. The molecule has 0 saturated carbocycles. The van der Waals surface area contributed by atoms with Crippen LogP contribution in [0.1, 0.15) is 6.42 Å². The van der Waals surface area contributed by atoms with Crippen molar-refractivity contribution in [1.29, 1.82) is 0 Å². The molecule has 3 rings (SSSR count). The molecule has 29 heavy (non-hydrogen) atoms. The average molecular weight is 511 g/mol. The molecule has 0 bridgehead atoms. The molecule has 1 heterocycles. The number of nitrogens with zero attached hydrogens (tertiary/aromatic N) is 2. The van der Waals surface area contributed by atoms with Gasteiger partial charge in [0.25, 0.3) is 0 Å². The number of amides is 2. The largest absolute Gasteiger partial charge is 0.351 e. The number of aliphatic imine (C=N–C) groups is 1. The molecule has 3 N–H and O–H groups in total. The first-order valence-corrected chi connectivity index (χ1v) is 8.93. The Morgan fingerprint density at radius 1 is 1.17 bits per heavy atom. The lowest BCUT2D eigenvalue weighted by atomic mass is 10.2. The number of carbonyl (C=O) groups is 2. The van der Waals surface area contributed by atoms with E-state index in [-0.39, 0.29) is 54.2 Å². The van der Waals surface area contributed by atoms with E-state index in [0.717, 1.165) is 5.69 Å². The molecule has 2 amide bonds. The predicted octanol–water partition coefficient (Wildman–Crippen LogP) is 2.35. The summed E-state index contributed by atoms with van der Waals surface area (Å²) >= 11 is 0. The van der Waals surface area contributed by atoms with E-state index in [9.17, 15) is 14.0 Å². The summed E-state index contributed by atoms with van der Waals surface area (Å²) in [5.74, 6) is -0.186. The van der Waals surface area contributed by atoms with E-state index in [1.165, 1.54) is 24.3 Å². The molecule has 0 spiro atoms. The summed E-state index contributed by atoms with van der Waals surface area (Å²) in [6.07, 6.45) is 0.345. The highest BCUT2D eigenvalue weighted by Crippen LogP contribution is 2.20. The molecule has 1 aliphatic rings. The molecule has 9 heteroatoms. The average Bonchev–Trinajstić information content (AvgIpc) is 3.07. The van der Waals surface area contributed by atoms with E-state index in [1.807, 2.05) is 30.3 Å². The maximum atomic E-state index is 12.9. The molecule has 154 valence electrons. The standard InChI is InChI=1S/C20H22FN5O2.HI/c1-22-20(23-12-18(27)24-15-9-7-14(21)8-10-15)25-16-11-19(28)26(13-16)17-5-3-2-4-6-17;/h2-10,16H,11-13H2,1H3,(H,24,27)(H2,22,23,25);1H. The van der Waals surface area contributed by atoms with Crippen LogP contribution in [0.2, 0.25) is 0 Å². The van der Waals surface area contributed by atoms with Crippen molar-refractivity contribution in [2.45, 2.75) is 12.5 Å². The number of nitrogens with one attached hydrogen (secondary N) is 3. The Balaban J connectivity index is 0.00000300. The van der Waals surface area contributed by atoms with Gasteiger partial charge in [-0.15, -0.1) is 24.0 Å². The van der Waals surface area contributed by atoms with E-state index in [2.05, 4.69) is 20.9 Å². The molecule has 7 nitrogen and oxygen atoms in total. The number of carbonyl (C=O) groups excluding carboxylic acids is 2. The minimum atomic E-state index is -0.364. The van der Waals surface area contributed by atoms with Gasteiger partial charge in [-0.2, -0.15) is 0 Å². The number of para-hydroxylation sites is 1. The Labute approximate surface area is 185 Å². The van der Waals surface area contributed by atoms with Crippen molar-refractivity contribution in [1.82, 2.24) is 10.6 Å². The van der Waals surface area contributed by atoms with Gasteiger partial charge in [0.2, 0.25) is 11.8 Å². The van der Waals surface area contributed by atoms with Gasteiger partial charge >= 0.3 is 0 Å². The van der Waals surface area contributed by atoms with Gasteiger partial charge in [-0.25, -0.2) is 4.39 Å². The van der Waals surface area contributed by atoms with E-state index in [1.54, 1.807) is 11.9 Å². The van der Waals surface area contributed by atoms with Crippen LogP contribution in [0.15, 0.2) is 59.6 Å². The first-order chi connectivity index (χ1) is 13.5. The molecule has 1 unspecified atom stereocenters. The number of hydrogen-bond acceptors (Lipinski definition) is 3. The third-order valence-corrected chi connectivity index (χ3v) is 4.30. The number of anilines is 2. The maximum Gasteiger partial charge on any atom is 0.243 e. The van der Waals surface area contributed by atoms with Gasteiger partial charge in [0.15, 0.2) is 5.96 Å². The van der Waals surface area contributed by atoms with Gasteiger partial charge in [0.05, 0.1) is 12.6 Å². The third-order valence-electron chi connectivity index (χ3n) is 4.30. The minimum Gasteiger partial charge on any atom is -0.351 e. The number of halogens is 2. The van der Waals surface area contributed by atoms with Crippen LogP contribution in [0.3, 0.4) is 0 Å². The highest BCUT2D eigenvalue weighted by molar-refractivity contribution is 14.0. The quantitative estimate of drug-likeness (QED) is 0.327. The second-order valence-corrected chi connectivity index (χ2v) is 6.37. The van der Waals surface area contributed by atoms with Crippen LogP contribution in [0.5, 0.6) is 0 Å². The Morgan fingerprint density at radius 2 is 1.86 bits per heavy atom. The van der Waals surface area contributed by atoms with Crippen molar-refractivity contribution < 1.29 is 14.0 Å². The smallest absolute Gasteiger partial charge is 0.243 e. The van der Waals surface area contributed by atoms with Crippen molar-refractivity contribution in [2.24, 2.45) is 4.99 Å². The predicted molar refractivity (Wildman–Crippen MR) is 122 cm³/mol. The summed E-state index contributed by atoms with van der Waals surface area (Å²) in [4.78, 5) is 30.1. The van der Waals surface area contributed by atoms with Crippen molar-refractivity contribution in [3.05, 3.63) is 60.4 Å². The number of benzene rings is 2. The Hall–Kier alpha value is -2.69. The molecule has 1 saturated heterocycles. The Bertz CT molecular complexity index is 861. The summed E-state index contributed by atoms with van der Waals surface area (Å²) in [5, 5.41) is 8.75. The van der Waals surface area contributed by atoms with Crippen LogP contribution < -0.4 is 20.9 Å². The zero-order valence-corrected chi connectivity index (χ0v) is 18.2. The van der Waals surface area contributed by atoms with E-state index >= 15 is 0 Å². The fourth-order valence-electron chi connectivity index (χ4n) is 2.95. The molecule has 0 radical (unpaired) electrons. The lowest BCUT2D eigenvalue weighted by Crippen LogP contribution is -2.46. The van der Waals surface area contributed by atoms with Crippen LogP contribution in [0.25, 0.3) is 0 Å². The maximum absolute atomic E-state index is 12.9. The second-order valence-electron chi connectivity index (χ2n) is 6.37. The molecule has 0 aliphatic carbocycles. The van der Waals surface area contributed by atoms with Crippen molar-refractivity contribution in [3.63, 3.8) is 0 Å². The summed E-state index contributed by atoms with van der Waals surface area (Å²) in [6.45, 7) is 0.505. The highest BCUT2D eigenvalue weighted by Gasteiger charge is 2.31. The monoisotopic (exact) mass is 511 g/mol. The minimum absolute atomic E-state index is 0. The number of guanidine groups is 1. The van der Waals surface area contributed by atoms with Gasteiger partial charge in [-0.3, -0.25) is 14.6 Å². The summed E-state index contributed by atoms with van der Waals surface area (Å²) in [6, 6.07) is 14.9. The third kappa shape index (κ3) is 6.41. The Kier molecular flexibility index (Phi) is 8.37. The van der Waals surface area contributed by atoms with Crippen molar-refractivity contribution in [2.75, 3.05) is 30.4 Å². The molecular formula is C20H23FIN5O2. The SMILES string of the molecule is CN=C(NCC(=O)Nc1ccc(F)cc1)NC1CC(=O)N(c2ccccc2)C1.I. The summed E-state index contributed by atoms with van der Waals surface area (Å²) in [5.41, 5.74) is 1.37. The summed E-state index contributed by atoms with van der Waals surface area (Å²) in [7, 11) is 1.60. The topological polar surface area (TPSA) is 85.8 Å². The lowest BCUT2D eigenvalue weighted by Gasteiger charge is -2.19. The van der Waals surface area contributed by atoms with Gasteiger partial charge in [0.1, 0.15) is 5.82 Å². The molecule has 1 fully saturated rings. The fraction of sp³-hybridized carbons (Fsp3) is 0.250. The van der Waals surface area contributed by atoms with Crippen LogP contribution >= 0.6 is 24.0 Å². The summed E-state index contributed by atoms with van der Waals surface area (Å²) < 4.78 is 12.9. The molecule has 0 aromatic heterocycles.